The predicted octanol–water partition coefficient (Wildman–Crippen LogP) is 3.62. The Bertz CT molecular complexity index is 964. The first-order valence-electron chi connectivity index (χ1n) is 9.05. The van der Waals surface area contributed by atoms with Gasteiger partial charge in [-0.3, -0.25) is 15.0 Å². The van der Waals surface area contributed by atoms with Gasteiger partial charge in [0.25, 0.3) is 5.69 Å². The van der Waals surface area contributed by atoms with Crippen molar-refractivity contribution in [2.75, 3.05) is 26.7 Å². The molecule has 10 heteroatoms. The Morgan fingerprint density at radius 2 is 1.86 bits per heavy atom. The maximum atomic E-state index is 12.9. The molecule has 0 amide bonds. The molecule has 29 heavy (non-hydrogen) atoms. The summed E-state index contributed by atoms with van der Waals surface area (Å²) < 4.78 is 33.5. The van der Waals surface area contributed by atoms with E-state index in [1.165, 1.54) is 13.2 Å². The SMILES string of the molecule is CCN(CC)C(CNS(=O)(=O)c1ccc([N+](=O)[O-])cc1OC)c1ccccc1Cl. The summed E-state index contributed by atoms with van der Waals surface area (Å²) in [6.45, 7) is 5.46. The van der Waals surface area contributed by atoms with Crippen molar-refractivity contribution < 1.29 is 18.1 Å². The van der Waals surface area contributed by atoms with Crippen LogP contribution in [0.3, 0.4) is 0 Å². The van der Waals surface area contributed by atoms with Gasteiger partial charge >= 0.3 is 0 Å². The number of non-ortho nitro benzene ring substituents is 1. The average molecular weight is 442 g/mol. The van der Waals surface area contributed by atoms with Crippen LogP contribution in [-0.2, 0) is 10.0 Å². The highest BCUT2D eigenvalue weighted by Gasteiger charge is 2.26. The third-order valence-corrected chi connectivity index (χ3v) is 6.44. The zero-order chi connectivity index (χ0) is 21.6. The molecule has 0 bridgehead atoms. The lowest BCUT2D eigenvalue weighted by atomic mass is 10.1. The molecule has 0 aromatic heterocycles. The van der Waals surface area contributed by atoms with E-state index < -0.39 is 14.9 Å². The van der Waals surface area contributed by atoms with Crippen molar-refractivity contribution in [1.29, 1.82) is 0 Å². The highest BCUT2D eigenvalue weighted by Crippen LogP contribution is 2.30. The largest absolute Gasteiger partial charge is 0.495 e. The standard InChI is InChI=1S/C19H24ClN3O5S/c1-4-22(5-2)17(15-8-6-7-9-16(15)20)13-21-29(26,27)19-11-10-14(23(24)25)12-18(19)28-3/h6-12,17,21H,4-5,13H2,1-3H3. The minimum absolute atomic E-state index is 0.0773. The first kappa shape index (κ1) is 23.1. The van der Waals surface area contributed by atoms with Gasteiger partial charge < -0.3 is 4.74 Å². The molecule has 1 N–H and O–H groups in total. The number of nitro benzene ring substituents is 1. The smallest absolute Gasteiger partial charge is 0.273 e. The molecule has 2 rings (SSSR count). The maximum Gasteiger partial charge on any atom is 0.273 e. The summed E-state index contributed by atoms with van der Waals surface area (Å²) in [5.74, 6) is -0.0937. The van der Waals surface area contributed by atoms with Crippen LogP contribution < -0.4 is 9.46 Å². The molecule has 2 aromatic rings. The van der Waals surface area contributed by atoms with Crippen LogP contribution in [0.2, 0.25) is 5.02 Å². The van der Waals surface area contributed by atoms with Gasteiger partial charge in [-0.2, -0.15) is 0 Å². The van der Waals surface area contributed by atoms with Crippen LogP contribution in [0.15, 0.2) is 47.4 Å². The number of ether oxygens (including phenoxy) is 1. The molecule has 0 spiro atoms. The number of hydrogen-bond donors (Lipinski definition) is 1. The van der Waals surface area contributed by atoms with Crippen LogP contribution in [0, 0.1) is 10.1 Å². The second kappa shape index (κ2) is 10.0. The van der Waals surface area contributed by atoms with E-state index >= 15 is 0 Å². The molecular formula is C19H24ClN3O5S. The zero-order valence-corrected chi connectivity index (χ0v) is 18.0. The zero-order valence-electron chi connectivity index (χ0n) is 16.5. The Balaban J connectivity index is 2.35. The van der Waals surface area contributed by atoms with Crippen molar-refractivity contribution in [3.63, 3.8) is 0 Å². The second-order valence-corrected chi connectivity index (χ2v) is 8.35. The van der Waals surface area contributed by atoms with Crippen LogP contribution in [-0.4, -0.2) is 45.0 Å². The number of rotatable bonds is 10. The summed E-state index contributed by atoms with van der Waals surface area (Å²) in [5, 5.41) is 11.5. The Kier molecular flexibility index (Phi) is 7.97. The van der Waals surface area contributed by atoms with Crippen LogP contribution in [0.5, 0.6) is 5.75 Å². The fourth-order valence-electron chi connectivity index (χ4n) is 3.10. The van der Waals surface area contributed by atoms with Crippen LogP contribution in [0.1, 0.15) is 25.5 Å². The highest BCUT2D eigenvalue weighted by atomic mass is 35.5. The van der Waals surface area contributed by atoms with Gasteiger partial charge in [0, 0.05) is 23.7 Å². The van der Waals surface area contributed by atoms with Crippen LogP contribution in [0.25, 0.3) is 0 Å². The van der Waals surface area contributed by atoms with Crippen LogP contribution in [0.4, 0.5) is 5.69 Å². The van der Waals surface area contributed by atoms with Gasteiger partial charge in [-0.05, 0) is 30.8 Å². The fraction of sp³-hybridized carbons (Fsp3) is 0.368. The minimum Gasteiger partial charge on any atom is -0.495 e. The molecule has 0 fully saturated rings. The molecule has 0 radical (unpaired) electrons. The average Bonchev–Trinajstić information content (AvgIpc) is 2.71. The number of benzene rings is 2. The van der Waals surface area contributed by atoms with Gasteiger partial charge in [0.15, 0.2) is 0 Å². The summed E-state index contributed by atoms with van der Waals surface area (Å²) in [7, 11) is -2.71. The quantitative estimate of drug-likeness (QED) is 0.446. The number of methoxy groups -OCH3 is 1. The molecule has 0 saturated heterocycles. The van der Waals surface area contributed by atoms with Gasteiger partial charge in [-0.15, -0.1) is 0 Å². The molecule has 1 atom stereocenters. The number of halogens is 1. The highest BCUT2D eigenvalue weighted by molar-refractivity contribution is 7.89. The van der Waals surface area contributed by atoms with E-state index in [2.05, 4.69) is 9.62 Å². The summed E-state index contributed by atoms with van der Waals surface area (Å²) in [6, 6.07) is 10.4. The van der Waals surface area contributed by atoms with E-state index in [-0.39, 0.29) is 28.9 Å². The van der Waals surface area contributed by atoms with Crippen molar-refractivity contribution in [2.45, 2.75) is 24.8 Å². The molecule has 0 aliphatic carbocycles. The molecule has 158 valence electrons. The number of likely N-dealkylation sites (N-methyl/N-ethyl adjacent to an activating group) is 1. The van der Waals surface area contributed by atoms with Gasteiger partial charge in [0.1, 0.15) is 10.6 Å². The lowest BCUT2D eigenvalue weighted by Crippen LogP contribution is -2.38. The fourth-order valence-corrected chi connectivity index (χ4v) is 4.55. The van der Waals surface area contributed by atoms with Crippen molar-refractivity contribution in [3.05, 3.63) is 63.2 Å². The third-order valence-electron chi connectivity index (χ3n) is 4.63. The topological polar surface area (TPSA) is 102 Å². The molecule has 2 aromatic carbocycles. The molecule has 0 heterocycles. The van der Waals surface area contributed by atoms with Gasteiger partial charge in [-0.1, -0.05) is 43.6 Å². The minimum atomic E-state index is -3.98. The number of nitrogens with zero attached hydrogens (tertiary/aromatic N) is 2. The van der Waals surface area contributed by atoms with Crippen molar-refractivity contribution in [2.24, 2.45) is 0 Å². The summed E-state index contributed by atoms with van der Waals surface area (Å²) in [5.41, 5.74) is 0.564. The number of sulfonamides is 1. The molecular weight excluding hydrogens is 418 g/mol. The van der Waals surface area contributed by atoms with Gasteiger partial charge in [0.05, 0.1) is 18.1 Å². The Hall–Kier alpha value is -2.20. The van der Waals surface area contributed by atoms with E-state index in [1.54, 1.807) is 6.07 Å². The molecule has 8 nitrogen and oxygen atoms in total. The van der Waals surface area contributed by atoms with Crippen LogP contribution >= 0.6 is 11.6 Å². The third kappa shape index (κ3) is 5.45. The maximum absolute atomic E-state index is 12.9. The first-order chi connectivity index (χ1) is 13.7. The summed E-state index contributed by atoms with van der Waals surface area (Å²) >= 11 is 6.35. The van der Waals surface area contributed by atoms with Gasteiger partial charge in [0.2, 0.25) is 10.0 Å². The number of hydrogen-bond acceptors (Lipinski definition) is 6. The molecule has 0 aliphatic heterocycles. The van der Waals surface area contributed by atoms with E-state index in [0.29, 0.717) is 18.1 Å². The van der Waals surface area contributed by atoms with E-state index in [1.807, 2.05) is 32.0 Å². The lowest BCUT2D eigenvalue weighted by Gasteiger charge is -2.31. The van der Waals surface area contributed by atoms with E-state index in [0.717, 1.165) is 17.7 Å². The summed E-state index contributed by atoms with van der Waals surface area (Å²) in [4.78, 5) is 12.3. The Morgan fingerprint density at radius 3 is 2.41 bits per heavy atom. The Labute approximate surface area is 175 Å². The number of nitro groups is 1. The number of nitrogens with one attached hydrogen (secondary N) is 1. The molecule has 1 unspecified atom stereocenters. The van der Waals surface area contributed by atoms with E-state index in [9.17, 15) is 18.5 Å². The summed E-state index contributed by atoms with van der Waals surface area (Å²) in [6.07, 6.45) is 0. The van der Waals surface area contributed by atoms with Gasteiger partial charge in [-0.25, -0.2) is 13.1 Å². The monoisotopic (exact) mass is 441 g/mol. The van der Waals surface area contributed by atoms with Crippen molar-refractivity contribution in [3.8, 4) is 5.75 Å². The lowest BCUT2D eigenvalue weighted by molar-refractivity contribution is -0.385. The Morgan fingerprint density at radius 1 is 1.21 bits per heavy atom. The first-order valence-corrected chi connectivity index (χ1v) is 10.9. The second-order valence-electron chi connectivity index (χ2n) is 6.20. The van der Waals surface area contributed by atoms with E-state index in [4.69, 9.17) is 16.3 Å². The predicted molar refractivity (Wildman–Crippen MR) is 112 cm³/mol. The molecule has 0 saturated carbocycles. The van der Waals surface area contributed by atoms with Crippen molar-refractivity contribution in [1.82, 2.24) is 9.62 Å². The van der Waals surface area contributed by atoms with Crippen molar-refractivity contribution >= 4 is 27.3 Å². The normalized spacial score (nSPS) is 12.7. The molecule has 0 aliphatic rings.